The van der Waals surface area contributed by atoms with Crippen molar-refractivity contribution in [3.8, 4) is 51.7 Å². The molecule has 0 amide bonds. The molecule has 0 fully saturated rings. The van der Waals surface area contributed by atoms with Gasteiger partial charge in [-0.1, -0.05) is 18.2 Å². The van der Waals surface area contributed by atoms with Crippen LogP contribution in [0.4, 0.5) is 0 Å². The molecule has 9 nitrogen and oxygen atoms in total. The van der Waals surface area contributed by atoms with Crippen molar-refractivity contribution in [1.82, 2.24) is 0 Å². The summed E-state index contributed by atoms with van der Waals surface area (Å²) in [4.78, 5) is 0. The normalized spacial score (nSPS) is 19.1. The molecular weight excluding hydrogens is 540 g/mol. The first kappa shape index (κ1) is 27.3. The van der Waals surface area contributed by atoms with Crippen LogP contribution >= 0.6 is 0 Å². The minimum absolute atomic E-state index is 0.0769. The summed E-state index contributed by atoms with van der Waals surface area (Å²) in [5, 5.41) is 42.2. The second kappa shape index (κ2) is 10.8. The number of phenolic OH excluding ortho intramolecular Hbond substituents is 4. The highest BCUT2D eigenvalue weighted by Gasteiger charge is 2.39. The molecule has 0 bridgehead atoms. The maximum absolute atomic E-state index is 11.2. The van der Waals surface area contributed by atoms with Crippen LogP contribution in [0.5, 0.6) is 51.7 Å². The van der Waals surface area contributed by atoms with Gasteiger partial charge in [-0.05, 0) is 36.2 Å². The van der Waals surface area contributed by atoms with Gasteiger partial charge in [0.25, 0.3) is 0 Å². The molecule has 4 aromatic rings. The second-order valence-corrected chi connectivity index (χ2v) is 10.5. The van der Waals surface area contributed by atoms with Gasteiger partial charge in [0.2, 0.25) is 5.75 Å². The van der Waals surface area contributed by atoms with Crippen LogP contribution in [0.2, 0.25) is 0 Å². The van der Waals surface area contributed by atoms with E-state index in [1.165, 1.54) is 14.2 Å². The van der Waals surface area contributed by atoms with Gasteiger partial charge in [-0.15, -0.1) is 0 Å². The Kier molecular flexibility index (Phi) is 7.02. The number of hydrogen-bond donors (Lipinski definition) is 4. The summed E-state index contributed by atoms with van der Waals surface area (Å²) in [6.45, 7) is 0.531. The molecule has 3 atom stereocenters. The Hall–Kier alpha value is -4.92. The van der Waals surface area contributed by atoms with Crippen molar-refractivity contribution in [2.45, 2.75) is 24.2 Å². The molecule has 4 aromatic carbocycles. The van der Waals surface area contributed by atoms with E-state index in [4.69, 9.17) is 23.7 Å². The quantitative estimate of drug-likeness (QED) is 0.235. The lowest BCUT2D eigenvalue weighted by atomic mass is 9.74. The van der Waals surface area contributed by atoms with Crippen LogP contribution < -0.4 is 23.7 Å². The first-order chi connectivity index (χ1) is 20.3. The van der Waals surface area contributed by atoms with E-state index >= 15 is 0 Å². The molecule has 0 radical (unpaired) electrons. The monoisotopic (exact) mass is 572 g/mol. The van der Waals surface area contributed by atoms with Gasteiger partial charge in [0.05, 0.1) is 34.5 Å². The van der Waals surface area contributed by atoms with Crippen LogP contribution in [0.25, 0.3) is 0 Å². The van der Waals surface area contributed by atoms with Crippen molar-refractivity contribution >= 4 is 0 Å². The van der Waals surface area contributed by atoms with Crippen LogP contribution in [-0.2, 0) is 6.42 Å². The Labute approximate surface area is 243 Å². The van der Waals surface area contributed by atoms with Crippen molar-refractivity contribution in [3.05, 3.63) is 88.5 Å². The average Bonchev–Trinajstić information content (AvgIpc) is 3.00. The summed E-state index contributed by atoms with van der Waals surface area (Å²) in [6.07, 6.45) is 0.608. The summed E-state index contributed by atoms with van der Waals surface area (Å²) in [5.41, 5.74) is 3.92. The van der Waals surface area contributed by atoms with Crippen LogP contribution in [0.1, 0.15) is 45.6 Å². The lowest BCUT2D eigenvalue weighted by molar-refractivity contribution is 0.240. The van der Waals surface area contributed by atoms with Gasteiger partial charge >= 0.3 is 0 Å². The number of benzene rings is 4. The molecule has 0 saturated carbocycles. The summed E-state index contributed by atoms with van der Waals surface area (Å²) in [5.74, 6) is 1.47. The standard InChI is InChI=1S/C33H32O9/c1-38-27-9-8-21(33(40-3)32(27)37)25-16-42-30-12-20(35)6-7-22(30)31(25)24-13-23(26(36)14-29(24)39-2)18-10-17-4-5-19(34)11-28(17)41-15-18/h4-9,11-14,18,25,31,34-37H,10,15-16H2,1-3H3. The van der Waals surface area contributed by atoms with Crippen LogP contribution in [0.15, 0.2) is 60.7 Å². The summed E-state index contributed by atoms with van der Waals surface area (Å²) >= 11 is 0. The van der Waals surface area contributed by atoms with E-state index in [0.717, 1.165) is 16.7 Å². The second-order valence-electron chi connectivity index (χ2n) is 10.5. The molecule has 0 spiro atoms. The molecule has 2 aliphatic heterocycles. The molecule has 9 heteroatoms. The highest BCUT2D eigenvalue weighted by Crippen LogP contribution is 2.54. The molecule has 0 aliphatic carbocycles. The van der Waals surface area contributed by atoms with Gasteiger partial charge < -0.3 is 44.1 Å². The van der Waals surface area contributed by atoms with Crippen molar-refractivity contribution < 1.29 is 44.1 Å². The van der Waals surface area contributed by atoms with E-state index in [2.05, 4.69) is 0 Å². The SMILES string of the molecule is COc1cc(O)c(C2COc3cc(O)ccc3C2)cc1C1c2ccc(O)cc2OCC1c1ccc(OC)c(O)c1OC. The lowest BCUT2D eigenvalue weighted by Gasteiger charge is -2.36. The van der Waals surface area contributed by atoms with Crippen LogP contribution in [-0.4, -0.2) is 55.0 Å². The van der Waals surface area contributed by atoms with Gasteiger partial charge in [-0.3, -0.25) is 0 Å². The summed E-state index contributed by atoms with van der Waals surface area (Å²) in [7, 11) is 4.52. The minimum Gasteiger partial charge on any atom is -0.508 e. The Morgan fingerprint density at radius 2 is 1.33 bits per heavy atom. The third-order valence-electron chi connectivity index (χ3n) is 8.21. The Balaban J connectivity index is 1.51. The van der Waals surface area contributed by atoms with E-state index < -0.39 is 0 Å². The molecule has 218 valence electrons. The molecular formula is C33H32O9. The molecule has 2 aliphatic rings. The number of fused-ring (bicyclic) bond motifs is 2. The van der Waals surface area contributed by atoms with E-state index in [1.54, 1.807) is 43.5 Å². The largest absolute Gasteiger partial charge is 0.508 e. The number of methoxy groups -OCH3 is 3. The third-order valence-corrected chi connectivity index (χ3v) is 8.21. The fraction of sp³-hybridized carbons (Fsp3) is 0.273. The summed E-state index contributed by atoms with van der Waals surface area (Å²) < 4.78 is 28.9. The van der Waals surface area contributed by atoms with Crippen molar-refractivity contribution in [3.63, 3.8) is 0 Å². The predicted molar refractivity (Wildman–Crippen MR) is 154 cm³/mol. The maximum Gasteiger partial charge on any atom is 0.201 e. The van der Waals surface area contributed by atoms with Crippen molar-refractivity contribution in [2.75, 3.05) is 34.5 Å². The highest BCUT2D eigenvalue weighted by molar-refractivity contribution is 5.61. The Morgan fingerprint density at radius 3 is 2.07 bits per heavy atom. The predicted octanol–water partition coefficient (Wildman–Crippen LogP) is 5.56. The van der Waals surface area contributed by atoms with Crippen molar-refractivity contribution in [1.29, 1.82) is 0 Å². The molecule has 4 N–H and O–H groups in total. The third kappa shape index (κ3) is 4.60. The molecule has 42 heavy (non-hydrogen) atoms. The smallest absolute Gasteiger partial charge is 0.201 e. The van der Waals surface area contributed by atoms with E-state index in [9.17, 15) is 20.4 Å². The van der Waals surface area contributed by atoms with Gasteiger partial charge in [-0.2, -0.15) is 0 Å². The van der Waals surface area contributed by atoms with E-state index in [-0.39, 0.29) is 58.9 Å². The lowest BCUT2D eigenvalue weighted by Crippen LogP contribution is -2.26. The zero-order chi connectivity index (χ0) is 29.5. The van der Waals surface area contributed by atoms with Gasteiger partial charge in [0.15, 0.2) is 11.5 Å². The zero-order valence-electron chi connectivity index (χ0n) is 23.5. The minimum atomic E-state index is -0.376. The van der Waals surface area contributed by atoms with Gasteiger partial charge in [0, 0.05) is 58.2 Å². The van der Waals surface area contributed by atoms with E-state index in [0.29, 0.717) is 41.4 Å². The number of aromatic hydroxyl groups is 4. The first-order valence-electron chi connectivity index (χ1n) is 13.6. The van der Waals surface area contributed by atoms with Gasteiger partial charge in [0.1, 0.15) is 34.5 Å². The number of hydrogen-bond acceptors (Lipinski definition) is 9. The van der Waals surface area contributed by atoms with E-state index in [1.807, 2.05) is 24.3 Å². The summed E-state index contributed by atoms with van der Waals surface area (Å²) in [6, 6.07) is 17.2. The fourth-order valence-corrected chi connectivity index (χ4v) is 6.20. The Bertz CT molecular complexity index is 1650. The fourth-order valence-electron chi connectivity index (χ4n) is 6.20. The zero-order valence-corrected chi connectivity index (χ0v) is 23.5. The van der Waals surface area contributed by atoms with Gasteiger partial charge in [-0.25, -0.2) is 0 Å². The molecule has 0 aromatic heterocycles. The topological polar surface area (TPSA) is 127 Å². The average molecular weight is 573 g/mol. The number of rotatable bonds is 6. The van der Waals surface area contributed by atoms with Crippen molar-refractivity contribution in [2.24, 2.45) is 0 Å². The maximum atomic E-state index is 11.2. The molecule has 2 heterocycles. The molecule has 3 unspecified atom stereocenters. The number of phenols is 4. The first-order valence-corrected chi connectivity index (χ1v) is 13.6. The highest BCUT2D eigenvalue weighted by atomic mass is 16.5. The molecule has 0 saturated heterocycles. The molecule has 6 rings (SSSR count). The van der Waals surface area contributed by atoms with Crippen LogP contribution in [0.3, 0.4) is 0 Å². The number of ether oxygens (including phenoxy) is 5. The Morgan fingerprint density at radius 1 is 0.643 bits per heavy atom. The van der Waals surface area contributed by atoms with Crippen LogP contribution in [0, 0.1) is 0 Å².